The van der Waals surface area contributed by atoms with Crippen molar-refractivity contribution in [2.75, 3.05) is 19.6 Å². The number of hydrogen-bond donors (Lipinski definition) is 0. The molecule has 0 fully saturated rings. The number of sulfone groups is 1. The van der Waals surface area contributed by atoms with E-state index >= 15 is 0 Å². The van der Waals surface area contributed by atoms with Gasteiger partial charge in [0.2, 0.25) is 0 Å². The van der Waals surface area contributed by atoms with Crippen molar-refractivity contribution in [2.24, 2.45) is 0 Å². The Balaban J connectivity index is 0.000000345. The Hall–Kier alpha value is -6.12. The van der Waals surface area contributed by atoms with E-state index in [-0.39, 0.29) is 0 Å². The molecule has 0 saturated heterocycles. The third-order valence-electron chi connectivity index (χ3n) is 15.7. The maximum absolute atomic E-state index is 11.1. The van der Waals surface area contributed by atoms with Crippen LogP contribution in [0, 0.1) is 6.92 Å². The first-order valence-corrected chi connectivity index (χ1v) is 37.4. The average molecular weight is 1220 g/mol. The van der Waals surface area contributed by atoms with E-state index in [1.807, 2.05) is 60.7 Å². The van der Waals surface area contributed by atoms with Crippen molar-refractivity contribution in [1.82, 2.24) is 0 Å². The lowest BCUT2D eigenvalue weighted by Crippen LogP contribution is -2.49. The molecule has 0 saturated carbocycles. The van der Waals surface area contributed by atoms with Gasteiger partial charge < -0.3 is 4.74 Å². The van der Waals surface area contributed by atoms with Crippen LogP contribution < -0.4 is 9.92 Å². The van der Waals surface area contributed by atoms with Gasteiger partial charge in [0.25, 0.3) is 0 Å². The highest BCUT2D eigenvalue weighted by atomic mass is 32.2. The second-order valence-electron chi connectivity index (χ2n) is 26.0. The quantitative estimate of drug-likeness (QED) is 0.114. The van der Waals surface area contributed by atoms with Gasteiger partial charge in [-0.15, -0.1) is 0 Å². The molecular formula is C79H110O4S2Si. The van der Waals surface area contributed by atoms with E-state index < -0.39 is 28.7 Å². The van der Waals surface area contributed by atoms with E-state index in [2.05, 4.69) is 271 Å². The van der Waals surface area contributed by atoms with Crippen LogP contribution in [0.15, 0.2) is 216 Å². The van der Waals surface area contributed by atoms with Crippen LogP contribution in [-0.4, -0.2) is 40.3 Å². The second-order valence-corrected chi connectivity index (χ2v) is 34.7. The molecule has 0 heterocycles. The molecule has 1 unspecified atom stereocenters. The number of benzene rings is 8. The van der Waals surface area contributed by atoms with Crippen LogP contribution in [0.3, 0.4) is 0 Å². The number of rotatable bonds is 12. The Bertz CT molecular complexity index is 3210. The van der Waals surface area contributed by atoms with E-state index in [1.165, 1.54) is 56.3 Å². The van der Waals surface area contributed by atoms with Gasteiger partial charge in [0.1, 0.15) is 5.75 Å². The predicted molar refractivity (Wildman–Crippen MR) is 383 cm³/mol. The summed E-state index contributed by atoms with van der Waals surface area (Å²) in [7, 11) is -3.55. The Morgan fingerprint density at radius 2 is 0.674 bits per heavy atom. The topological polar surface area (TPSA) is 60.4 Å². The maximum atomic E-state index is 11.1. The zero-order chi connectivity index (χ0) is 65.0. The highest BCUT2D eigenvalue weighted by molar-refractivity contribution is 7.90. The maximum Gasteiger partial charge on any atom is 0.175 e. The molecule has 0 radical (unpaired) electrons. The summed E-state index contributed by atoms with van der Waals surface area (Å²) >= 11 is 0. The molecule has 8 aromatic rings. The van der Waals surface area contributed by atoms with Crippen LogP contribution in [-0.2, 0) is 20.6 Å². The average Bonchev–Trinajstić information content (AvgIpc) is 1.70. The first-order chi connectivity index (χ1) is 40.2. The molecule has 0 bridgehead atoms. The molecule has 466 valence electrons. The third-order valence-corrected chi connectivity index (χ3v) is 23.3. The van der Waals surface area contributed by atoms with E-state index in [0.29, 0.717) is 51.4 Å². The molecule has 4 nitrogen and oxygen atoms in total. The zero-order valence-corrected chi connectivity index (χ0v) is 59.8. The molecule has 7 heteroatoms. The lowest BCUT2D eigenvalue weighted by Gasteiger charge is -2.37. The lowest BCUT2D eigenvalue weighted by molar-refractivity contribution is 0.414. The van der Waals surface area contributed by atoms with Crippen molar-refractivity contribution in [3.05, 3.63) is 251 Å². The Labute approximate surface area is 529 Å². The van der Waals surface area contributed by atoms with E-state index in [4.69, 9.17) is 4.74 Å². The third kappa shape index (κ3) is 27.7. The van der Waals surface area contributed by atoms with Crippen molar-refractivity contribution >= 4 is 33.9 Å². The Morgan fingerprint density at radius 1 is 0.395 bits per heavy atom. The second kappa shape index (κ2) is 37.5. The van der Waals surface area contributed by atoms with Gasteiger partial charge in [-0.3, -0.25) is 4.21 Å². The summed E-state index contributed by atoms with van der Waals surface area (Å²) in [4.78, 5) is 1.29. The lowest BCUT2D eigenvalue weighted by atomic mass is 9.99. The molecular weight excluding hydrogens is 1110 g/mol. The van der Waals surface area contributed by atoms with Crippen LogP contribution in [0.5, 0.6) is 5.75 Å². The molecule has 0 aliphatic rings. The highest BCUT2D eigenvalue weighted by Crippen LogP contribution is 2.36. The van der Waals surface area contributed by atoms with Crippen molar-refractivity contribution in [3.8, 4) is 16.9 Å². The first kappa shape index (κ1) is 76.0. The van der Waals surface area contributed by atoms with Gasteiger partial charge in [0.05, 0.1) is 20.1 Å². The predicted octanol–water partition coefficient (Wildman–Crippen LogP) is 22.5. The smallest absolute Gasteiger partial charge is 0.175 e. The molecule has 0 spiro atoms. The van der Waals surface area contributed by atoms with Crippen molar-refractivity contribution in [2.45, 2.75) is 194 Å². The minimum Gasteiger partial charge on any atom is -0.497 e. The van der Waals surface area contributed by atoms with Gasteiger partial charge in [-0.1, -0.05) is 311 Å². The minimum atomic E-state index is -3.05. The molecule has 0 aliphatic carbocycles. The van der Waals surface area contributed by atoms with Gasteiger partial charge in [-0.2, -0.15) is 0 Å². The number of ether oxygens (including phenoxy) is 1. The van der Waals surface area contributed by atoms with Gasteiger partial charge in [-0.05, 0) is 140 Å². The first-order valence-electron chi connectivity index (χ1n) is 30.9. The van der Waals surface area contributed by atoms with Crippen molar-refractivity contribution in [1.29, 1.82) is 0 Å². The monoisotopic (exact) mass is 1210 g/mol. The van der Waals surface area contributed by atoms with Gasteiger partial charge in [0, 0.05) is 28.2 Å². The summed E-state index contributed by atoms with van der Waals surface area (Å²) in [6.07, 6.45) is 2.92. The molecule has 0 amide bonds. The highest BCUT2D eigenvalue weighted by Gasteiger charge is 2.36. The summed E-state index contributed by atoms with van der Waals surface area (Å²) in [5, 5.41) is 2.00. The summed E-state index contributed by atoms with van der Waals surface area (Å²) in [5.41, 5.74) is 13.4. The largest absolute Gasteiger partial charge is 0.497 e. The molecule has 0 N–H and O–H groups in total. The fraction of sp³-hybridized carbons (Fsp3) is 0.392. The van der Waals surface area contributed by atoms with E-state index in [0.717, 1.165) is 16.2 Å². The van der Waals surface area contributed by atoms with Crippen LogP contribution in [0.1, 0.15) is 204 Å². The van der Waals surface area contributed by atoms with Gasteiger partial charge in [0.15, 0.2) is 9.84 Å². The zero-order valence-electron chi connectivity index (χ0n) is 57.1. The molecule has 0 aliphatic heterocycles. The normalized spacial score (nSPS) is 11.6. The Morgan fingerprint density at radius 3 is 0.977 bits per heavy atom. The molecule has 8 rings (SSSR count). The number of hydrogen-bond acceptors (Lipinski definition) is 4. The fourth-order valence-electron chi connectivity index (χ4n) is 8.33. The Kier molecular flexibility index (Phi) is 33.2. The molecule has 8 aromatic carbocycles. The molecule has 0 aromatic heterocycles. The van der Waals surface area contributed by atoms with Crippen LogP contribution >= 0.6 is 0 Å². The minimum absolute atomic E-state index is 0.386. The summed E-state index contributed by atoms with van der Waals surface area (Å²) in [5.74, 6) is 5.06. The van der Waals surface area contributed by atoms with Crippen molar-refractivity contribution in [3.63, 3.8) is 0 Å². The van der Waals surface area contributed by atoms with Crippen LogP contribution in [0.4, 0.5) is 0 Å². The fourth-order valence-corrected chi connectivity index (χ4v) is 11.3. The number of methoxy groups -OCH3 is 1. The van der Waals surface area contributed by atoms with E-state index in [1.54, 1.807) is 30.7 Å². The summed E-state index contributed by atoms with van der Waals surface area (Å²) in [6, 6.07) is 71.1. The van der Waals surface area contributed by atoms with Crippen molar-refractivity contribution < 1.29 is 17.4 Å². The SMILES string of the molecule is CC(C)c1ccc(-c2ccccc2)cc1.CC(C)c1ccc(S(C)(=O)=O)cc1.CC(C)c1ccc(S(C)=O)cc1.CC(C)c1ccc([Si](C)(C)C(C)(C)C)cc1.CC(C)c1ccccc1.COc1ccc(C(C)C)cc1.Cc1ccc(C(C)C)cc1. The molecule has 86 heavy (non-hydrogen) atoms. The van der Waals surface area contributed by atoms with Gasteiger partial charge in [-0.25, -0.2) is 8.42 Å². The summed E-state index contributed by atoms with van der Waals surface area (Å²) in [6.45, 7) is 44.8. The molecule has 1 atom stereocenters. The van der Waals surface area contributed by atoms with Crippen LogP contribution in [0.25, 0.3) is 11.1 Å². The standard InChI is InChI=1S/C15H26Si.C15H16.C10H14O2S.C10H14OS.C10H14O.C10H14.C9H12/c1-12(2)13-8-10-14(11-9-13)16(6,7)15(3,4)5;1-12(2)13-8-10-15(11-9-13)14-6-4-3-5-7-14;1-8(2)9-4-6-10(7-5-9)13(3,11)12;1-8(2)9-4-6-10(7-5-9)12(3)11;1-8(2)9-4-6-10(11-3)7-5-9;1-8(2)10-6-4-9(3)5-7-10;1-8(2)9-6-4-3-5-7-9/h8-12H,1-7H3;3-12H,1-2H3;4-8H,1-3H3;4-8H,1-3H3;4-8H,1-3H3;4-8H,1-3H3;3-8H,1-2H3. The number of aryl methyl sites for hydroxylation is 1. The van der Waals surface area contributed by atoms with Gasteiger partial charge >= 0.3 is 0 Å². The van der Waals surface area contributed by atoms with Crippen LogP contribution in [0.2, 0.25) is 18.1 Å². The summed E-state index contributed by atoms with van der Waals surface area (Å²) < 4.78 is 38.3. The van der Waals surface area contributed by atoms with E-state index in [9.17, 15) is 12.6 Å².